The number of carbonyl (C=O) groups excluding carboxylic acids is 1. The maximum absolute atomic E-state index is 13.4. The molecule has 0 spiro atoms. The van der Waals surface area contributed by atoms with Crippen molar-refractivity contribution in [1.82, 2.24) is 10.7 Å². The summed E-state index contributed by atoms with van der Waals surface area (Å²) in [6.07, 6.45) is -9.59. The normalized spacial score (nSPS) is 18.2. The summed E-state index contributed by atoms with van der Waals surface area (Å²) in [5, 5.41) is 16.9. The van der Waals surface area contributed by atoms with Gasteiger partial charge in [0.05, 0.1) is 17.3 Å². The van der Waals surface area contributed by atoms with E-state index < -0.39 is 23.9 Å². The topological polar surface area (TPSA) is 115 Å². The van der Waals surface area contributed by atoms with Crippen LogP contribution in [-0.4, -0.2) is 61.3 Å². The van der Waals surface area contributed by atoms with Gasteiger partial charge in [-0.2, -0.15) is 31.4 Å². The SMILES string of the molecule is O=C(O)C(F)(F)F.O=C1CN2C(=NN1)COc1cc(C(F)(F)F)c(NC3CNC3)cc12. The monoisotopic (exact) mass is 455 g/mol. The quantitative estimate of drug-likeness (QED) is 0.498. The molecule has 3 heterocycles. The maximum atomic E-state index is 13.4. The lowest BCUT2D eigenvalue weighted by Crippen LogP contribution is -2.52. The van der Waals surface area contributed by atoms with Crippen LogP contribution in [0.25, 0.3) is 0 Å². The van der Waals surface area contributed by atoms with Gasteiger partial charge in [-0.1, -0.05) is 0 Å². The molecule has 4 N–H and O–H groups in total. The number of ether oxygens (including phenoxy) is 1. The van der Waals surface area contributed by atoms with Crippen LogP contribution < -0.4 is 25.7 Å². The van der Waals surface area contributed by atoms with Crippen LogP contribution in [0.1, 0.15) is 5.56 Å². The average molecular weight is 455 g/mol. The number of fused-ring (bicyclic) bond motifs is 3. The molecule has 0 unspecified atom stereocenters. The first-order chi connectivity index (χ1) is 14.4. The molecule has 3 aliphatic heterocycles. The zero-order chi connectivity index (χ0) is 23.0. The third-order valence-corrected chi connectivity index (χ3v) is 4.36. The summed E-state index contributed by atoms with van der Waals surface area (Å²) in [5.41, 5.74) is 1.93. The van der Waals surface area contributed by atoms with E-state index in [1.165, 1.54) is 6.07 Å². The van der Waals surface area contributed by atoms with Crippen molar-refractivity contribution in [2.75, 3.05) is 36.5 Å². The Bertz CT molecular complexity index is 913. The molecule has 1 amide bonds. The number of nitrogens with one attached hydrogen (secondary N) is 3. The van der Waals surface area contributed by atoms with Crippen molar-refractivity contribution in [2.24, 2.45) is 5.10 Å². The number of benzene rings is 1. The average Bonchev–Trinajstić information content (AvgIpc) is 2.63. The molecule has 0 aromatic heterocycles. The second-order valence-electron chi connectivity index (χ2n) is 6.60. The van der Waals surface area contributed by atoms with Gasteiger partial charge >= 0.3 is 18.3 Å². The number of rotatable bonds is 2. The molecule has 9 nitrogen and oxygen atoms in total. The van der Waals surface area contributed by atoms with E-state index in [2.05, 4.69) is 21.2 Å². The Hall–Kier alpha value is -3.23. The highest BCUT2D eigenvalue weighted by Crippen LogP contribution is 2.44. The van der Waals surface area contributed by atoms with Gasteiger partial charge in [-0.25, -0.2) is 10.2 Å². The van der Waals surface area contributed by atoms with Crippen LogP contribution in [0.4, 0.5) is 37.7 Å². The zero-order valence-corrected chi connectivity index (χ0v) is 15.4. The molecule has 1 aromatic carbocycles. The van der Waals surface area contributed by atoms with E-state index in [1.807, 2.05) is 0 Å². The Balaban J connectivity index is 0.000000339. The van der Waals surface area contributed by atoms with Crippen molar-refractivity contribution in [3.05, 3.63) is 17.7 Å². The molecule has 1 aromatic rings. The zero-order valence-electron chi connectivity index (χ0n) is 15.4. The minimum atomic E-state index is -5.08. The number of hydrogen-bond acceptors (Lipinski definition) is 7. The highest BCUT2D eigenvalue weighted by molar-refractivity contribution is 6.08. The molecule has 0 radical (unpaired) electrons. The third kappa shape index (κ3) is 5.10. The van der Waals surface area contributed by atoms with Gasteiger partial charge in [0.1, 0.15) is 18.9 Å². The molecule has 31 heavy (non-hydrogen) atoms. The van der Waals surface area contributed by atoms with Crippen molar-refractivity contribution in [3.8, 4) is 5.75 Å². The summed E-state index contributed by atoms with van der Waals surface area (Å²) in [6, 6.07) is 2.29. The maximum Gasteiger partial charge on any atom is 0.490 e. The number of carboxylic acids is 1. The Morgan fingerprint density at radius 2 is 1.87 bits per heavy atom. The number of amides is 1. The fraction of sp³-hybridized carbons (Fsp3) is 0.438. The highest BCUT2D eigenvalue weighted by atomic mass is 19.4. The first kappa shape index (κ1) is 22.5. The Labute approximate surface area is 170 Å². The smallest absolute Gasteiger partial charge is 0.483 e. The predicted molar refractivity (Wildman–Crippen MR) is 93.8 cm³/mol. The number of aliphatic carboxylic acids is 1. The van der Waals surface area contributed by atoms with E-state index in [9.17, 15) is 31.1 Å². The first-order valence-corrected chi connectivity index (χ1v) is 8.64. The van der Waals surface area contributed by atoms with E-state index in [0.717, 1.165) is 6.07 Å². The van der Waals surface area contributed by atoms with Crippen molar-refractivity contribution < 1.29 is 45.8 Å². The molecule has 3 aliphatic rings. The number of anilines is 2. The van der Waals surface area contributed by atoms with Crippen molar-refractivity contribution in [3.63, 3.8) is 0 Å². The van der Waals surface area contributed by atoms with E-state index in [0.29, 0.717) is 24.6 Å². The summed E-state index contributed by atoms with van der Waals surface area (Å²) >= 11 is 0. The van der Waals surface area contributed by atoms with Gasteiger partial charge in [-0.05, 0) is 12.1 Å². The Morgan fingerprint density at radius 1 is 1.23 bits per heavy atom. The van der Waals surface area contributed by atoms with Crippen LogP contribution in [0.5, 0.6) is 5.75 Å². The molecule has 0 saturated carbocycles. The van der Waals surface area contributed by atoms with E-state index in [4.69, 9.17) is 14.6 Å². The van der Waals surface area contributed by atoms with Crippen LogP contribution in [0, 0.1) is 0 Å². The van der Waals surface area contributed by atoms with E-state index in [-0.39, 0.29) is 36.5 Å². The molecule has 0 aliphatic carbocycles. The number of hydrazone groups is 1. The second kappa shape index (κ2) is 8.13. The van der Waals surface area contributed by atoms with Crippen molar-refractivity contribution >= 4 is 29.1 Å². The van der Waals surface area contributed by atoms with Crippen LogP contribution >= 0.6 is 0 Å². The van der Waals surface area contributed by atoms with Gasteiger partial charge in [0, 0.05) is 18.8 Å². The third-order valence-electron chi connectivity index (χ3n) is 4.36. The summed E-state index contributed by atoms with van der Waals surface area (Å²) < 4.78 is 77.3. The lowest BCUT2D eigenvalue weighted by Gasteiger charge is -2.36. The minimum absolute atomic E-state index is 0.00387. The summed E-state index contributed by atoms with van der Waals surface area (Å²) in [7, 11) is 0. The lowest BCUT2D eigenvalue weighted by atomic mass is 10.1. The summed E-state index contributed by atoms with van der Waals surface area (Å²) in [6.45, 7) is 1.20. The van der Waals surface area contributed by atoms with Gasteiger partial charge in [-0.15, -0.1) is 0 Å². The van der Waals surface area contributed by atoms with Crippen LogP contribution in [0.15, 0.2) is 17.2 Å². The molecule has 15 heteroatoms. The Kier molecular flexibility index (Phi) is 5.89. The first-order valence-electron chi connectivity index (χ1n) is 8.64. The lowest BCUT2D eigenvalue weighted by molar-refractivity contribution is -0.192. The number of amidine groups is 1. The molecule has 170 valence electrons. The van der Waals surface area contributed by atoms with Gasteiger partial charge in [-0.3, -0.25) is 4.79 Å². The van der Waals surface area contributed by atoms with Crippen molar-refractivity contribution in [1.29, 1.82) is 0 Å². The van der Waals surface area contributed by atoms with Gasteiger partial charge in [0.15, 0.2) is 5.84 Å². The van der Waals surface area contributed by atoms with Crippen molar-refractivity contribution in [2.45, 2.75) is 18.4 Å². The second-order valence-corrected chi connectivity index (χ2v) is 6.60. The molecule has 1 saturated heterocycles. The van der Waals surface area contributed by atoms with Gasteiger partial charge in [0.2, 0.25) is 0 Å². The summed E-state index contributed by atoms with van der Waals surface area (Å²) in [5.74, 6) is -2.54. The van der Waals surface area contributed by atoms with Gasteiger partial charge in [0.25, 0.3) is 5.91 Å². The molecule has 0 bridgehead atoms. The van der Waals surface area contributed by atoms with E-state index in [1.54, 1.807) is 4.90 Å². The standard InChI is InChI=1S/C14H14F3N5O2.C2HF3O2/c15-14(16,17)8-1-11-10(2-9(8)19-7-3-18-4-7)22-5-13(23)21-20-12(22)6-24-11;3-2(4,5)1(6)7/h1-2,7,18-19H,3-6H2,(H,21,23);(H,6,7). The van der Waals surface area contributed by atoms with Crippen LogP contribution in [0.3, 0.4) is 0 Å². The van der Waals surface area contributed by atoms with Crippen LogP contribution in [-0.2, 0) is 15.8 Å². The number of carboxylic acid groups (broad SMARTS) is 1. The number of alkyl halides is 6. The largest absolute Gasteiger partial charge is 0.490 e. The molecular weight excluding hydrogens is 440 g/mol. The van der Waals surface area contributed by atoms with Crippen LogP contribution in [0.2, 0.25) is 0 Å². The fourth-order valence-electron chi connectivity index (χ4n) is 2.79. The number of carbonyl (C=O) groups is 2. The minimum Gasteiger partial charge on any atom is -0.483 e. The number of hydrogen-bond donors (Lipinski definition) is 4. The fourth-order valence-corrected chi connectivity index (χ4v) is 2.79. The summed E-state index contributed by atoms with van der Waals surface area (Å²) in [4.78, 5) is 22.0. The van der Waals surface area contributed by atoms with Gasteiger partial charge < -0.3 is 25.4 Å². The molecule has 0 atom stereocenters. The highest BCUT2D eigenvalue weighted by Gasteiger charge is 2.39. The number of halogens is 6. The Morgan fingerprint density at radius 3 is 2.39 bits per heavy atom. The number of nitrogens with zero attached hydrogens (tertiary/aromatic N) is 2. The molecule has 1 fully saturated rings. The molecular formula is C16H15F6N5O4. The molecule has 4 rings (SSSR count). The predicted octanol–water partition coefficient (Wildman–Crippen LogP) is 1.36. The van der Waals surface area contributed by atoms with E-state index >= 15 is 0 Å².